The van der Waals surface area contributed by atoms with Gasteiger partial charge in [-0.05, 0) is 0 Å². The number of aliphatic hydroxyl groups excluding tert-OH is 5. The Morgan fingerprint density at radius 3 is 1.27 bits per heavy atom. The van der Waals surface area contributed by atoms with E-state index in [2.05, 4.69) is 0 Å². The molecule has 0 aromatic heterocycles. The Bertz CT molecular complexity index is 80.9. The Labute approximate surface area is 74.7 Å². The van der Waals surface area contributed by atoms with Crippen molar-refractivity contribution in [1.29, 1.82) is 0 Å². The van der Waals surface area contributed by atoms with Gasteiger partial charge < -0.3 is 25.5 Å². The molecule has 0 aromatic rings. The average Bonchev–Trinajstić information content (AvgIpc) is 2.00. The van der Waals surface area contributed by atoms with Gasteiger partial charge in [-0.1, -0.05) is 0 Å². The fourth-order valence-corrected chi connectivity index (χ4v) is 0.472. The molecule has 0 saturated heterocycles. The molecule has 5 N–H and O–H groups in total. The lowest BCUT2D eigenvalue weighted by molar-refractivity contribution is -0.0900. The lowest BCUT2D eigenvalue weighted by atomic mass is 10.1. The molecule has 1 unspecified atom stereocenters. The summed E-state index contributed by atoms with van der Waals surface area (Å²) >= 11 is 0. The standard InChI is InChI=1S/C5H12O5.BrH/c6-1-3(8)5(10)4(9)2-7;/h3-10H,1-2H2;1H/t3-,4+,5?;. The molecule has 0 amide bonds. The molecule has 70 valence electrons. The minimum atomic E-state index is -1.49. The van der Waals surface area contributed by atoms with E-state index in [-0.39, 0.29) is 17.0 Å². The van der Waals surface area contributed by atoms with Gasteiger partial charge in [0.1, 0.15) is 18.3 Å². The fourth-order valence-electron chi connectivity index (χ4n) is 0.472. The van der Waals surface area contributed by atoms with Crippen LogP contribution in [-0.4, -0.2) is 57.1 Å². The minimum Gasteiger partial charge on any atom is -0.394 e. The maximum Gasteiger partial charge on any atom is 0.110 e. The van der Waals surface area contributed by atoms with E-state index in [1.54, 1.807) is 0 Å². The highest BCUT2D eigenvalue weighted by molar-refractivity contribution is 8.93. The molecule has 0 spiro atoms. The Morgan fingerprint density at radius 1 is 0.818 bits per heavy atom. The molecule has 0 fully saturated rings. The Balaban J connectivity index is 0. The van der Waals surface area contributed by atoms with Gasteiger partial charge in [0, 0.05) is 0 Å². The van der Waals surface area contributed by atoms with Crippen molar-refractivity contribution >= 4 is 17.0 Å². The van der Waals surface area contributed by atoms with Gasteiger partial charge in [0.25, 0.3) is 0 Å². The molecule has 0 aliphatic heterocycles. The predicted octanol–water partition coefficient (Wildman–Crippen LogP) is -2.37. The van der Waals surface area contributed by atoms with E-state index < -0.39 is 31.5 Å². The van der Waals surface area contributed by atoms with Crippen molar-refractivity contribution in [3.63, 3.8) is 0 Å². The van der Waals surface area contributed by atoms with Crippen LogP contribution in [0.4, 0.5) is 0 Å². The molecule has 0 radical (unpaired) electrons. The summed E-state index contributed by atoms with van der Waals surface area (Å²) in [6, 6.07) is 0. The lowest BCUT2D eigenvalue weighted by Crippen LogP contribution is -2.41. The van der Waals surface area contributed by atoms with Crippen LogP contribution in [0.1, 0.15) is 0 Å². The van der Waals surface area contributed by atoms with E-state index in [1.807, 2.05) is 0 Å². The average molecular weight is 233 g/mol. The largest absolute Gasteiger partial charge is 0.394 e. The van der Waals surface area contributed by atoms with E-state index in [9.17, 15) is 0 Å². The van der Waals surface area contributed by atoms with Crippen LogP contribution in [-0.2, 0) is 0 Å². The summed E-state index contributed by atoms with van der Waals surface area (Å²) < 4.78 is 0. The second-order valence-electron chi connectivity index (χ2n) is 1.99. The SMILES string of the molecule is Br.OC[C@@H](O)C(O)[C@@H](O)CO. The molecular formula is C5H13BrO5. The molecular weight excluding hydrogens is 220 g/mol. The van der Waals surface area contributed by atoms with Crippen LogP contribution >= 0.6 is 17.0 Å². The van der Waals surface area contributed by atoms with Gasteiger partial charge >= 0.3 is 0 Å². The van der Waals surface area contributed by atoms with E-state index in [1.165, 1.54) is 0 Å². The smallest absolute Gasteiger partial charge is 0.110 e. The summed E-state index contributed by atoms with van der Waals surface area (Å²) in [5.74, 6) is 0. The highest BCUT2D eigenvalue weighted by atomic mass is 79.9. The Morgan fingerprint density at radius 2 is 1.09 bits per heavy atom. The van der Waals surface area contributed by atoms with Crippen LogP contribution in [0.15, 0.2) is 0 Å². The number of rotatable bonds is 4. The molecule has 5 nitrogen and oxygen atoms in total. The molecule has 0 saturated carbocycles. The topological polar surface area (TPSA) is 101 Å². The normalized spacial score (nSPS) is 18.3. The minimum absolute atomic E-state index is 0. The second-order valence-corrected chi connectivity index (χ2v) is 1.99. The van der Waals surface area contributed by atoms with Crippen molar-refractivity contribution in [3.8, 4) is 0 Å². The van der Waals surface area contributed by atoms with Crippen LogP contribution in [0.2, 0.25) is 0 Å². The van der Waals surface area contributed by atoms with Crippen molar-refractivity contribution in [2.45, 2.75) is 18.3 Å². The third-order valence-corrected chi connectivity index (χ3v) is 1.16. The van der Waals surface area contributed by atoms with Crippen molar-refractivity contribution in [3.05, 3.63) is 0 Å². The molecule has 3 atom stereocenters. The van der Waals surface area contributed by atoms with Crippen LogP contribution < -0.4 is 0 Å². The number of hydrogen-bond acceptors (Lipinski definition) is 5. The van der Waals surface area contributed by atoms with Gasteiger partial charge in [-0.3, -0.25) is 0 Å². The first kappa shape index (κ1) is 13.8. The third-order valence-electron chi connectivity index (χ3n) is 1.16. The fraction of sp³-hybridized carbons (Fsp3) is 1.00. The molecule has 0 aliphatic carbocycles. The maximum atomic E-state index is 8.77. The summed E-state index contributed by atoms with van der Waals surface area (Å²) in [7, 11) is 0. The van der Waals surface area contributed by atoms with Crippen LogP contribution in [0.25, 0.3) is 0 Å². The van der Waals surface area contributed by atoms with E-state index in [0.717, 1.165) is 0 Å². The van der Waals surface area contributed by atoms with Crippen LogP contribution in [0.5, 0.6) is 0 Å². The number of halogens is 1. The van der Waals surface area contributed by atoms with E-state index >= 15 is 0 Å². The van der Waals surface area contributed by atoms with Crippen molar-refractivity contribution in [2.24, 2.45) is 0 Å². The highest BCUT2D eigenvalue weighted by Gasteiger charge is 2.22. The molecule has 6 heteroatoms. The van der Waals surface area contributed by atoms with Crippen molar-refractivity contribution in [2.75, 3.05) is 13.2 Å². The number of aliphatic hydroxyl groups is 5. The van der Waals surface area contributed by atoms with E-state index in [4.69, 9.17) is 25.5 Å². The summed E-state index contributed by atoms with van der Waals surface area (Å²) in [6.07, 6.45) is -4.29. The van der Waals surface area contributed by atoms with E-state index in [0.29, 0.717) is 0 Å². The Hall–Kier alpha value is 0.280. The van der Waals surface area contributed by atoms with Gasteiger partial charge in [0.05, 0.1) is 13.2 Å². The zero-order valence-electron chi connectivity index (χ0n) is 5.79. The van der Waals surface area contributed by atoms with Gasteiger partial charge in [-0.15, -0.1) is 17.0 Å². The second kappa shape index (κ2) is 6.96. The first-order chi connectivity index (χ1) is 4.63. The summed E-state index contributed by atoms with van der Waals surface area (Å²) in [5, 5.41) is 42.6. The van der Waals surface area contributed by atoms with Crippen molar-refractivity contribution in [1.82, 2.24) is 0 Å². The van der Waals surface area contributed by atoms with Gasteiger partial charge in [0.15, 0.2) is 0 Å². The van der Waals surface area contributed by atoms with Gasteiger partial charge in [0.2, 0.25) is 0 Å². The molecule has 0 bridgehead atoms. The molecule has 0 aromatic carbocycles. The summed E-state index contributed by atoms with van der Waals surface area (Å²) in [4.78, 5) is 0. The maximum absolute atomic E-state index is 8.77. The van der Waals surface area contributed by atoms with Crippen LogP contribution in [0, 0.1) is 0 Å². The molecule has 11 heavy (non-hydrogen) atoms. The quantitative estimate of drug-likeness (QED) is 0.373. The predicted molar refractivity (Wildman–Crippen MR) is 42.5 cm³/mol. The zero-order chi connectivity index (χ0) is 8.15. The first-order valence-electron chi connectivity index (χ1n) is 2.89. The van der Waals surface area contributed by atoms with Gasteiger partial charge in [-0.2, -0.15) is 0 Å². The Kier molecular flexibility index (Phi) is 8.76. The third kappa shape index (κ3) is 4.67. The molecule has 0 rings (SSSR count). The molecule has 0 aliphatic rings. The van der Waals surface area contributed by atoms with Crippen LogP contribution in [0.3, 0.4) is 0 Å². The summed E-state index contributed by atoms with van der Waals surface area (Å²) in [6.45, 7) is -1.28. The highest BCUT2D eigenvalue weighted by Crippen LogP contribution is 1.97. The zero-order valence-corrected chi connectivity index (χ0v) is 7.50. The van der Waals surface area contributed by atoms with Crippen molar-refractivity contribution < 1.29 is 25.5 Å². The summed E-state index contributed by atoms with van der Waals surface area (Å²) in [5.41, 5.74) is 0. The first-order valence-corrected chi connectivity index (χ1v) is 2.89. The van der Waals surface area contributed by atoms with Gasteiger partial charge in [-0.25, -0.2) is 0 Å². The molecule has 0 heterocycles. The number of hydrogen-bond donors (Lipinski definition) is 5. The monoisotopic (exact) mass is 232 g/mol. The lowest BCUT2D eigenvalue weighted by Gasteiger charge is -2.19.